The summed E-state index contributed by atoms with van der Waals surface area (Å²) in [6.45, 7) is 6.15. The van der Waals surface area contributed by atoms with Crippen molar-refractivity contribution in [2.24, 2.45) is 0 Å². The van der Waals surface area contributed by atoms with E-state index in [1.807, 2.05) is 13.1 Å². The number of thiazole rings is 1. The Labute approximate surface area is 122 Å². The van der Waals surface area contributed by atoms with Gasteiger partial charge in [0.05, 0.1) is 42.3 Å². The maximum atomic E-state index is 5.35. The van der Waals surface area contributed by atoms with E-state index < -0.39 is 0 Å². The minimum absolute atomic E-state index is 0.739. The van der Waals surface area contributed by atoms with Gasteiger partial charge in [-0.25, -0.2) is 9.97 Å². The molecular formula is C14H18N4OS. The Kier molecular flexibility index (Phi) is 4.13. The minimum atomic E-state index is 0.739. The van der Waals surface area contributed by atoms with Crippen LogP contribution >= 0.6 is 11.3 Å². The lowest BCUT2D eigenvalue weighted by Crippen LogP contribution is -2.36. The molecule has 5 nitrogen and oxygen atoms in total. The third-order valence-corrected chi connectivity index (χ3v) is 4.05. The Morgan fingerprint density at radius 3 is 2.85 bits per heavy atom. The van der Waals surface area contributed by atoms with Crippen LogP contribution in [0.25, 0.3) is 0 Å². The van der Waals surface area contributed by atoms with Crippen LogP contribution < -0.4 is 10.2 Å². The molecule has 1 fully saturated rings. The second-order valence-electron chi connectivity index (χ2n) is 4.72. The summed E-state index contributed by atoms with van der Waals surface area (Å²) in [6, 6.07) is 4.12. The van der Waals surface area contributed by atoms with Crippen LogP contribution in [0.3, 0.4) is 0 Å². The van der Waals surface area contributed by atoms with Gasteiger partial charge in [-0.2, -0.15) is 0 Å². The summed E-state index contributed by atoms with van der Waals surface area (Å²) in [6.07, 6.45) is 1.88. The first-order valence-corrected chi connectivity index (χ1v) is 7.63. The van der Waals surface area contributed by atoms with Crippen molar-refractivity contribution in [1.29, 1.82) is 0 Å². The first-order chi connectivity index (χ1) is 9.81. The summed E-state index contributed by atoms with van der Waals surface area (Å²) in [7, 11) is 0. The summed E-state index contributed by atoms with van der Waals surface area (Å²) < 4.78 is 5.35. The fourth-order valence-corrected chi connectivity index (χ4v) is 2.76. The van der Waals surface area contributed by atoms with Gasteiger partial charge in [0.15, 0.2) is 0 Å². The molecule has 0 aliphatic carbocycles. The van der Waals surface area contributed by atoms with Gasteiger partial charge in [0.1, 0.15) is 5.82 Å². The van der Waals surface area contributed by atoms with E-state index >= 15 is 0 Å². The van der Waals surface area contributed by atoms with Crippen molar-refractivity contribution in [3.63, 3.8) is 0 Å². The molecule has 106 valence electrons. The molecule has 0 atom stereocenters. The van der Waals surface area contributed by atoms with Gasteiger partial charge in [-0.15, -0.1) is 11.3 Å². The highest BCUT2D eigenvalue weighted by Crippen LogP contribution is 2.16. The lowest BCUT2D eigenvalue weighted by Gasteiger charge is -2.27. The highest BCUT2D eigenvalue weighted by atomic mass is 32.1. The largest absolute Gasteiger partial charge is 0.378 e. The maximum absolute atomic E-state index is 5.35. The molecular weight excluding hydrogens is 272 g/mol. The molecule has 20 heavy (non-hydrogen) atoms. The van der Waals surface area contributed by atoms with Gasteiger partial charge in [-0.1, -0.05) is 0 Å². The number of nitrogens with zero attached hydrogens (tertiary/aromatic N) is 3. The fourth-order valence-electron chi connectivity index (χ4n) is 2.15. The van der Waals surface area contributed by atoms with E-state index in [1.54, 1.807) is 11.3 Å². The van der Waals surface area contributed by atoms with E-state index in [-0.39, 0.29) is 0 Å². The number of rotatable bonds is 4. The van der Waals surface area contributed by atoms with Crippen LogP contribution in [-0.4, -0.2) is 36.3 Å². The summed E-state index contributed by atoms with van der Waals surface area (Å²) >= 11 is 1.68. The molecule has 0 aromatic carbocycles. The normalized spacial score (nSPS) is 15.3. The van der Waals surface area contributed by atoms with Crippen LogP contribution in [0.2, 0.25) is 0 Å². The summed E-state index contributed by atoms with van der Waals surface area (Å²) in [4.78, 5) is 11.2. The van der Waals surface area contributed by atoms with Crippen molar-refractivity contribution in [2.45, 2.75) is 13.5 Å². The minimum Gasteiger partial charge on any atom is -0.378 e. The molecule has 2 aromatic heterocycles. The summed E-state index contributed by atoms with van der Waals surface area (Å²) in [5.41, 5.74) is 2.09. The van der Waals surface area contributed by atoms with Gasteiger partial charge >= 0.3 is 0 Å². The van der Waals surface area contributed by atoms with E-state index in [0.29, 0.717) is 0 Å². The van der Waals surface area contributed by atoms with E-state index in [2.05, 4.69) is 37.7 Å². The lowest BCUT2D eigenvalue weighted by atomic mass is 10.3. The number of hydrogen-bond donors (Lipinski definition) is 1. The van der Waals surface area contributed by atoms with Gasteiger partial charge in [0.2, 0.25) is 0 Å². The van der Waals surface area contributed by atoms with Crippen LogP contribution in [-0.2, 0) is 11.3 Å². The van der Waals surface area contributed by atoms with E-state index in [4.69, 9.17) is 4.74 Å². The Balaban J connectivity index is 1.58. The Morgan fingerprint density at radius 1 is 1.35 bits per heavy atom. The second-order valence-corrected chi connectivity index (χ2v) is 5.78. The van der Waals surface area contributed by atoms with Gasteiger partial charge < -0.3 is 15.0 Å². The third-order valence-electron chi connectivity index (χ3n) is 3.22. The van der Waals surface area contributed by atoms with Crippen molar-refractivity contribution in [1.82, 2.24) is 9.97 Å². The molecule has 0 unspecified atom stereocenters. The van der Waals surface area contributed by atoms with Crippen molar-refractivity contribution < 1.29 is 4.74 Å². The molecule has 1 aliphatic heterocycles. The Bertz CT molecular complexity index is 549. The van der Waals surface area contributed by atoms with Crippen LogP contribution in [0.5, 0.6) is 0 Å². The topological polar surface area (TPSA) is 50.3 Å². The number of anilines is 2. The summed E-state index contributed by atoms with van der Waals surface area (Å²) in [5.74, 6) is 1.02. The number of morpholine rings is 1. The first kappa shape index (κ1) is 13.3. The zero-order chi connectivity index (χ0) is 13.8. The second kappa shape index (κ2) is 6.19. The first-order valence-electron chi connectivity index (χ1n) is 6.75. The van der Waals surface area contributed by atoms with Crippen LogP contribution in [0.1, 0.15) is 10.7 Å². The zero-order valence-electron chi connectivity index (χ0n) is 11.5. The van der Waals surface area contributed by atoms with E-state index in [0.717, 1.165) is 55.1 Å². The van der Waals surface area contributed by atoms with Gasteiger partial charge in [0.25, 0.3) is 0 Å². The van der Waals surface area contributed by atoms with Crippen LogP contribution in [0.4, 0.5) is 11.5 Å². The average molecular weight is 290 g/mol. The average Bonchev–Trinajstić information content (AvgIpc) is 2.92. The Morgan fingerprint density at radius 2 is 2.20 bits per heavy atom. The molecule has 0 bridgehead atoms. The van der Waals surface area contributed by atoms with Crippen LogP contribution in [0, 0.1) is 6.92 Å². The predicted molar refractivity (Wildman–Crippen MR) is 81.4 cm³/mol. The highest BCUT2D eigenvalue weighted by molar-refractivity contribution is 7.09. The van der Waals surface area contributed by atoms with E-state index in [1.165, 1.54) is 0 Å². The SMILES string of the molecule is Cc1nc(CNc2ccc(N3CCOCC3)nc2)cs1. The van der Waals surface area contributed by atoms with Crippen LogP contribution in [0.15, 0.2) is 23.7 Å². The molecule has 3 rings (SSSR count). The van der Waals surface area contributed by atoms with E-state index in [9.17, 15) is 0 Å². The molecule has 1 aliphatic rings. The van der Waals surface area contributed by atoms with Gasteiger partial charge in [-0.05, 0) is 19.1 Å². The van der Waals surface area contributed by atoms with Gasteiger partial charge in [-0.3, -0.25) is 0 Å². The monoisotopic (exact) mass is 290 g/mol. The van der Waals surface area contributed by atoms with Crippen molar-refractivity contribution in [3.05, 3.63) is 34.4 Å². The Hall–Kier alpha value is -1.66. The summed E-state index contributed by atoms with van der Waals surface area (Å²) in [5, 5.41) is 6.52. The molecule has 1 N–H and O–H groups in total. The molecule has 0 radical (unpaired) electrons. The maximum Gasteiger partial charge on any atom is 0.128 e. The molecule has 3 heterocycles. The number of nitrogens with one attached hydrogen (secondary N) is 1. The molecule has 0 saturated carbocycles. The number of hydrogen-bond acceptors (Lipinski definition) is 6. The number of pyridine rings is 1. The van der Waals surface area contributed by atoms with Crippen molar-refractivity contribution in [3.8, 4) is 0 Å². The predicted octanol–water partition coefficient (Wildman–Crippen LogP) is 2.30. The number of aromatic nitrogens is 2. The molecule has 6 heteroatoms. The quantitative estimate of drug-likeness (QED) is 0.936. The smallest absolute Gasteiger partial charge is 0.128 e. The molecule has 0 spiro atoms. The zero-order valence-corrected chi connectivity index (χ0v) is 12.3. The highest BCUT2D eigenvalue weighted by Gasteiger charge is 2.11. The van der Waals surface area contributed by atoms with Gasteiger partial charge in [0, 0.05) is 18.5 Å². The van der Waals surface area contributed by atoms with Crippen molar-refractivity contribution in [2.75, 3.05) is 36.5 Å². The number of ether oxygens (including phenoxy) is 1. The fraction of sp³-hybridized carbons (Fsp3) is 0.429. The third kappa shape index (κ3) is 3.26. The van der Waals surface area contributed by atoms with Crippen molar-refractivity contribution >= 4 is 22.8 Å². The molecule has 1 saturated heterocycles. The lowest BCUT2D eigenvalue weighted by molar-refractivity contribution is 0.122. The standard InChI is InChI=1S/C14H18N4OS/c1-11-17-13(10-20-11)9-15-12-2-3-14(16-8-12)18-4-6-19-7-5-18/h2-3,8,10,15H,4-7,9H2,1H3. The molecule has 0 amide bonds. The molecule has 2 aromatic rings. The number of aryl methyl sites for hydroxylation is 1.